The van der Waals surface area contributed by atoms with Gasteiger partial charge in [-0.05, 0) is 29.8 Å². The maximum atomic E-state index is 9.89. The van der Waals surface area contributed by atoms with Crippen molar-refractivity contribution in [2.75, 3.05) is 30.9 Å². The number of aliphatic hydroxyl groups is 1. The highest BCUT2D eigenvalue weighted by atomic mass is 35.5. The Morgan fingerprint density at radius 3 is 2.93 bits per heavy atom. The minimum absolute atomic E-state index is 0.0283. The van der Waals surface area contributed by atoms with Gasteiger partial charge in [0.25, 0.3) is 0 Å². The monoisotopic (exact) mass is 422 g/mol. The standard InChI is InChI=1S/C21H19ClN6O2/c1-21(11-29)10-26-18-13(8-23)5-12(6-15(18)21)16-3-4-24-20(27-16)28-17-7-14(22)9-25-19(17)30-2/h3-7,9,26,29H,10-11H2,1-2H3,(H,24,27,28)/t21-/m1/s1. The number of fused-ring (bicyclic) bond motifs is 1. The number of aromatic nitrogens is 3. The van der Waals surface area contributed by atoms with E-state index in [1.54, 1.807) is 24.4 Å². The predicted molar refractivity (Wildman–Crippen MR) is 114 cm³/mol. The number of halogens is 1. The number of ether oxygens (including phenoxy) is 1. The SMILES string of the molecule is COc1ncc(Cl)cc1Nc1nccc(-c2cc(C#N)c3c(c2)[C@@](C)(CO)CN3)n1. The number of nitriles is 1. The number of hydrogen-bond acceptors (Lipinski definition) is 8. The van der Waals surface area contributed by atoms with Gasteiger partial charge in [0.1, 0.15) is 11.8 Å². The van der Waals surface area contributed by atoms with Crippen molar-refractivity contribution in [1.82, 2.24) is 15.0 Å². The van der Waals surface area contributed by atoms with Crippen molar-refractivity contribution in [2.45, 2.75) is 12.3 Å². The summed E-state index contributed by atoms with van der Waals surface area (Å²) in [7, 11) is 1.51. The molecule has 30 heavy (non-hydrogen) atoms. The maximum absolute atomic E-state index is 9.89. The first kappa shape index (κ1) is 19.9. The summed E-state index contributed by atoms with van der Waals surface area (Å²) in [5.74, 6) is 0.694. The van der Waals surface area contributed by atoms with E-state index >= 15 is 0 Å². The van der Waals surface area contributed by atoms with Crippen molar-refractivity contribution in [3.63, 3.8) is 0 Å². The van der Waals surface area contributed by atoms with E-state index in [2.05, 4.69) is 31.7 Å². The van der Waals surface area contributed by atoms with E-state index in [1.807, 2.05) is 13.0 Å². The molecule has 0 bridgehead atoms. The fraction of sp³-hybridized carbons (Fsp3) is 0.238. The largest absolute Gasteiger partial charge is 0.480 e. The lowest BCUT2D eigenvalue weighted by atomic mass is 9.83. The van der Waals surface area contributed by atoms with Crippen LogP contribution in [0.1, 0.15) is 18.1 Å². The van der Waals surface area contributed by atoms with Crippen molar-refractivity contribution < 1.29 is 9.84 Å². The Labute approximate surface area is 178 Å². The minimum Gasteiger partial charge on any atom is -0.480 e. The van der Waals surface area contributed by atoms with E-state index in [-0.39, 0.29) is 6.61 Å². The third-order valence-corrected chi connectivity index (χ3v) is 5.33. The van der Waals surface area contributed by atoms with Crippen LogP contribution in [0.3, 0.4) is 0 Å². The molecule has 0 saturated heterocycles. The second-order valence-electron chi connectivity index (χ2n) is 7.23. The highest BCUT2D eigenvalue weighted by molar-refractivity contribution is 6.30. The zero-order chi connectivity index (χ0) is 21.3. The summed E-state index contributed by atoms with van der Waals surface area (Å²) in [6.07, 6.45) is 3.11. The van der Waals surface area contributed by atoms with Crippen LogP contribution in [0.15, 0.2) is 36.7 Å². The van der Waals surface area contributed by atoms with Gasteiger partial charge in [0.15, 0.2) is 0 Å². The van der Waals surface area contributed by atoms with Crippen molar-refractivity contribution >= 4 is 28.9 Å². The van der Waals surface area contributed by atoms with Gasteiger partial charge in [0.05, 0.1) is 35.7 Å². The molecule has 3 aromatic rings. The Bertz CT molecular complexity index is 1160. The molecule has 3 N–H and O–H groups in total. The molecular weight excluding hydrogens is 404 g/mol. The van der Waals surface area contributed by atoms with Crippen molar-refractivity contribution in [3.05, 3.63) is 52.8 Å². The van der Waals surface area contributed by atoms with Crippen LogP contribution >= 0.6 is 11.6 Å². The number of aliphatic hydroxyl groups excluding tert-OH is 1. The van der Waals surface area contributed by atoms with Gasteiger partial charge in [-0.2, -0.15) is 5.26 Å². The van der Waals surface area contributed by atoms with E-state index in [9.17, 15) is 10.4 Å². The molecule has 3 heterocycles. The highest BCUT2D eigenvalue weighted by Gasteiger charge is 2.35. The molecule has 152 valence electrons. The van der Waals surface area contributed by atoms with Crippen molar-refractivity contribution in [3.8, 4) is 23.2 Å². The fourth-order valence-corrected chi connectivity index (χ4v) is 3.60. The summed E-state index contributed by atoms with van der Waals surface area (Å²) < 4.78 is 5.25. The summed E-state index contributed by atoms with van der Waals surface area (Å²) in [6, 6.07) is 9.41. The highest BCUT2D eigenvalue weighted by Crippen LogP contribution is 2.41. The second-order valence-corrected chi connectivity index (χ2v) is 7.67. The summed E-state index contributed by atoms with van der Waals surface area (Å²) in [4.78, 5) is 13.0. The summed E-state index contributed by atoms with van der Waals surface area (Å²) in [5, 5.41) is 26.3. The van der Waals surface area contributed by atoms with Gasteiger partial charge in [0, 0.05) is 29.9 Å². The van der Waals surface area contributed by atoms with Crippen LogP contribution < -0.4 is 15.4 Å². The smallest absolute Gasteiger partial charge is 0.237 e. The number of anilines is 3. The molecule has 2 aromatic heterocycles. The topological polar surface area (TPSA) is 116 Å². The minimum atomic E-state index is -0.467. The third kappa shape index (κ3) is 3.49. The van der Waals surface area contributed by atoms with Crippen LogP contribution in [0.25, 0.3) is 11.3 Å². The lowest BCUT2D eigenvalue weighted by molar-refractivity contribution is 0.219. The van der Waals surface area contributed by atoms with Crippen molar-refractivity contribution in [1.29, 1.82) is 5.26 Å². The molecule has 0 spiro atoms. The Kier molecular flexibility index (Phi) is 5.16. The summed E-state index contributed by atoms with van der Waals surface area (Å²) >= 11 is 6.04. The first-order chi connectivity index (χ1) is 14.5. The van der Waals surface area contributed by atoms with Crippen LogP contribution in [-0.2, 0) is 5.41 Å². The molecule has 1 aliphatic heterocycles. The molecule has 1 aromatic carbocycles. The molecular formula is C21H19ClN6O2. The number of methoxy groups -OCH3 is 1. The van der Waals surface area contributed by atoms with Gasteiger partial charge in [-0.15, -0.1) is 0 Å². The van der Waals surface area contributed by atoms with Crippen LogP contribution in [0, 0.1) is 11.3 Å². The third-order valence-electron chi connectivity index (χ3n) is 5.12. The Morgan fingerprint density at radius 2 is 2.20 bits per heavy atom. The summed E-state index contributed by atoms with van der Waals surface area (Å²) in [5.41, 5.74) is 3.63. The van der Waals surface area contributed by atoms with Gasteiger partial charge in [-0.3, -0.25) is 0 Å². The molecule has 0 fully saturated rings. The lowest BCUT2D eigenvalue weighted by Gasteiger charge is -2.21. The number of pyridine rings is 1. The Hall–Kier alpha value is -3.41. The Balaban J connectivity index is 1.75. The van der Waals surface area contributed by atoms with Gasteiger partial charge in [0.2, 0.25) is 11.8 Å². The molecule has 9 heteroatoms. The number of nitrogens with one attached hydrogen (secondary N) is 2. The molecule has 0 saturated carbocycles. The maximum Gasteiger partial charge on any atom is 0.237 e. The van der Waals surface area contributed by atoms with E-state index in [1.165, 1.54) is 13.3 Å². The van der Waals surface area contributed by atoms with Crippen LogP contribution in [0.4, 0.5) is 17.3 Å². The molecule has 0 amide bonds. The second kappa shape index (κ2) is 7.78. The zero-order valence-electron chi connectivity index (χ0n) is 16.4. The molecule has 4 rings (SSSR count). The van der Waals surface area contributed by atoms with E-state index < -0.39 is 5.41 Å². The van der Waals surface area contributed by atoms with Gasteiger partial charge >= 0.3 is 0 Å². The average Bonchev–Trinajstić information content (AvgIpc) is 3.11. The van der Waals surface area contributed by atoms with E-state index in [0.29, 0.717) is 40.3 Å². The fourth-order valence-electron chi connectivity index (χ4n) is 3.44. The molecule has 1 atom stereocenters. The van der Waals surface area contributed by atoms with Gasteiger partial charge in [-0.1, -0.05) is 18.5 Å². The van der Waals surface area contributed by atoms with Crippen molar-refractivity contribution in [2.24, 2.45) is 0 Å². The molecule has 1 aliphatic rings. The Morgan fingerprint density at radius 1 is 1.37 bits per heavy atom. The van der Waals surface area contributed by atoms with E-state index in [4.69, 9.17) is 16.3 Å². The first-order valence-electron chi connectivity index (χ1n) is 9.21. The predicted octanol–water partition coefficient (Wildman–Crippen LogP) is 3.49. The van der Waals surface area contributed by atoms with Crippen LogP contribution in [-0.4, -0.2) is 40.3 Å². The lowest BCUT2D eigenvalue weighted by Crippen LogP contribution is -2.28. The molecule has 0 aliphatic carbocycles. The average molecular weight is 423 g/mol. The van der Waals surface area contributed by atoms with Gasteiger partial charge in [-0.25, -0.2) is 15.0 Å². The summed E-state index contributed by atoms with van der Waals surface area (Å²) in [6.45, 7) is 2.50. The quantitative estimate of drug-likeness (QED) is 0.572. The van der Waals surface area contributed by atoms with Crippen LogP contribution in [0.5, 0.6) is 5.88 Å². The van der Waals surface area contributed by atoms with Crippen LogP contribution in [0.2, 0.25) is 5.02 Å². The number of benzene rings is 1. The number of nitrogens with zero attached hydrogens (tertiary/aromatic N) is 4. The molecule has 0 unspecified atom stereocenters. The first-order valence-corrected chi connectivity index (χ1v) is 9.58. The number of hydrogen-bond donors (Lipinski definition) is 3. The number of rotatable bonds is 5. The molecule has 0 radical (unpaired) electrons. The molecule has 8 nitrogen and oxygen atoms in total. The normalized spacial score (nSPS) is 17.0. The van der Waals surface area contributed by atoms with Gasteiger partial charge < -0.3 is 20.5 Å². The zero-order valence-corrected chi connectivity index (χ0v) is 17.2. The van der Waals surface area contributed by atoms with E-state index in [0.717, 1.165) is 16.8 Å².